The lowest BCUT2D eigenvalue weighted by molar-refractivity contribution is -0.140. The number of fused-ring (bicyclic) bond motifs is 1. The van der Waals surface area contributed by atoms with Crippen LogP contribution >= 0.6 is 0 Å². The minimum Gasteiger partial charge on any atom is -0.478 e. The van der Waals surface area contributed by atoms with Gasteiger partial charge in [0.1, 0.15) is 5.69 Å². The van der Waals surface area contributed by atoms with E-state index in [9.17, 15) is 23.1 Å². The Kier molecular flexibility index (Phi) is 3.63. The first-order valence-corrected chi connectivity index (χ1v) is 6.94. The molecule has 0 bridgehead atoms. The summed E-state index contributed by atoms with van der Waals surface area (Å²) in [5.41, 5.74) is -0.757. The van der Waals surface area contributed by atoms with E-state index in [1.807, 2.05) is 0 Å². The van der Waals surface area contributed by atoms with Gasteiger partial charge >= 0.3 is 12.1 Å². The molecule has 5 nitrogen and oxygen atoms in total. The number of aliphatic hydroxyl groups excluding tert-OH is 1. The second-order valence-electron chi connectivity index (χ2n) is 5.45. The number of carboxylic acid groups (broad SMARTS) is 1. The van der Waals surface area contributed by atoms with Gasteiger partial charge in [-0.1, -0.05) is 0 Å². The molecule has 122 valence electrons. The summed E-state index contributed by atoms with van der Waals surface area (Å²) in [7, 11) is 0. The van der Waals surface area contributed by atoms with Crippen LogP contribution in [0.1, 0.15) is 22.5 Å². The Balaban J connectivity index is 2.23. The second-order valence-corrected chi connectivity index (χ2v) is 5.45. The first kappa shape index (κ1) is 15.5. The molecule has 1 aromatic carbocycles. The largest absolute Gasteiger partial charge is 0.478 e. The van der Waals surface area contributed by atoms with Gasteiger partial charge in [-0.2, -0.15) is 13.2 Å². The summed E-state index contributed by atoms with van der Waals surface area (Å²) in [5, 5.41) is 19.0. The number of pyridine rings is 1. The first-order valence-electron chi connectivity index (χ1n) is 6.94. The Bertz CT molecular complexity index is 776. The monoisotopic (exact) mass is 326 g/mol. The van der Waals surface area contributed by atoms with Crippen molar-refractivity contribution in [1.82, 2.24) is 4.98 Å². The molecular weight excluding hydrogens is 313 g/mol. The topological polar surface area (TPSA) is 73.7 Å². The highest BCUT2D eigenvalue weighted by atomic mass is 19.4. The molecule has 1 fully saturated rings. The molecule has 23 heavy (non-hydrogen) atoms. The standard InChI is InChI=1S/C15H13F3N2O3/c16-15(17,18)13-6-12(20-4-3-9(21)7-20)10-5-8(14(22)23)1-2-11(10)19-13/h1-2,5-6,9,21H,3-4,7H2,(H,22,23)/t9-/m1/s1. The maximum Gasteiger partial charge on any atom is 0.433 e. The third-order valence-corrected chi connectivity index (χ3v) is 3.83. The number of nitrogens with zero attached hydrogens (tertiary/aromatic N) is 2. The maximum atomic E-state index is 13.0. The zero-order chi connectivity index (χ0) is 16.8. The van der Waals surface area contributed by atoms with Crippen molar-refractivity contribution in [3.63, 3.8) is 0 Å². The van der Waals surface area contributed by atoms with Crippen LogP contribution in [0.3, 0.4) is 0 Å². The summed E-state index contributed by atoms with van der Waals surface area (Å²) < 4.78 is 39.1. The Morgan fingerprint density at radius 3 is 2.61 bits per heavy atom. The van der Waals surface area contributed by atoms with E-state index in [1.54, 1.807) is 4.90 Å². The Labute approximate surface area is 129 Å². The number of aromatic carboxylic acids is 1. The number of carbonyl (C=O) groups is 1. The summed E-state index contributed by atoms with van der Waals surface area (Å²) in [5.74, 6) is -1.17. The fraction of sp³-hybridized carbons (Fsp3) is 0.333. The smallest absolute Gasteiger partial charge is 0.433 e. The lowest BCUT2D eigenvalue weighted by Crippen LogP contribution is -2.22. The number of alkyl halides is 3. The number of halogens is 3. The molecule has 1 aliphatic rings. The van der Waals surface area contributed by atoms with Crippen molar-refractivity contribution in [2.45, 2.75) is 18.7 Å². The SMILES string of the molecule is O=C(O)c1ccc2nc(C(F)(F)F)cc(N3CC[C@@H](O)C3)c2c1. The van der Waals surface area contributed by atoms with E-state index in [1.165, 1.54) is 18.2 Å². The molecule has 0 radical (unpaired) electrons. The van der Waals surface area contributed by atoms with Crippen LogP contribution in [-0.2, 0) is 6.18 Å². The Morgan fingerprint density at radius 1 is 1.30 bits per heavy atom. The van der Waals surface area contributed by atoms with E-state index in [0.29, 0.717) is 18.4 Å². The maximum absolute atomic E-state index is 13.0. The molecule has 1 atom stereocenters. The lowest BCUT2D eigenvalue weighted by atomic mass is 10.1. The number of hydrogen-bond donors (Lipinski definition) is 2. The van der Waals surface area contributed by atoms with E-state index in [-0.39, 0.29) is 23.3 Å². The van der Waals surface area contributed by atoms with Gasteiger partial charge in [-0.05, 0) is 30.7 Å². The van der Waals surface area contributed by atoms with Crippen LogP contribution in [-0.4, -0.2) is 40.4 Å². The van der Waals surface area contributed by atoms with Crippen molar-refractivity contribution < 1.29 is 28.2 Å². The van der Waals surface area contributed by atoms with E-state index in [0.717, 1.165) is 6.07 Å². The number of aromatic nitrogens is 1. The number of rotatable bonds is 2. The second kappa shape index (κ2) is 5.38. The van der Waals surface area contributed by atoms with Crippen LogP contribution in [0.2, 0.25) is 0 Å². The van der Waals surface area contributed by atoms with E-state index in [2.05, 4.69) is 4.98 Å². The predicted molar refractivity (Wildman–Crippen MR) is 76.5 cm³/mol. The number of aliphatic hydroxyl groups is 1. The molecule has 2 N–H and O–H groups in total. The summed E-state index contributed by atoms with van der Waals surface area (Å²) in [6.07, 6.45) is -4.77. The summed E-state index contributed by atoms with van der Waals surface area (Å²) in [6, 6.07) is 4.71. The normalized spacial score (nSPS) is 18.6. The van der Waals surface area contributed by atoms with Crippen LogP contribution in [0.25, 0.3) is 10.9 Å². The van der Waals surface area contributed by atoms with E-state index < -0.39 is 23.9 Å². The third kappa shape index (κ3) is 2.94. The van der Waals surface area contributed by atoms with Gasteiger partial charge in [-0.3, -0.25) is 0 Å². The fourth-order valence-electron chi connectivity index (χ4n) is 2.71. The molecule has 8 heteroatoms. The zero-order valence-corrected chi connectivity index (χ0v) is 11.8. The van der Waals surface area contributed by atoms with Crippen molar-refractivity contribution in [2.75, 3.05) is 18.0 Å². The van der Waals surface area contributed by atoms with Crippen molar-refractivity contribution in [3.8, 4) is 0 Å². The van der Waals surface area contributed by atoms with Crippen molar-refractivity contribution in [1.29, 1.82) is 0 Å². The number of β-amino-alcohol motifs (C(OH)–C–C–N with tert-alkyl or cyclic N) is 1. The summed E-state index contributed by atoms with van der Waals surface area (Å²) >= 11 is 0. The van der Waals surface area contributed by atoms with Crippen molar-refractivity contribution >= 4 is 22.6 Å². The quantitative estimate of drug-likeness (QED) is 0.887. The van der Waals surface area contributed by atoms with Crippen molar-refractivity contribution in [2.24, 2.45) is 0 Å². The van der Waals surface area contributed by atoms with Gasteiger partial charge in [0.2, 0.25) is 0 Å². The molecule has 3 rings (SSSR count). The van der Waals surface area contributed by atoms with Gasteiger partial charge in [-0.25, -0.2) is 9.78 Å². The first-order chi connectivity index (χ1) is 10.8. The highest BCUT2D eigenvalue weighted by molar-refractivity contribution is 5.98. The van der Waals surface area contributed by atoms with Gasteiger partial charge in [0.25, 0.3) is 0 Å². The van der Waals surface area contributed by atoms with Gasteiger partial charge in [0.15, 0.2) is 0 Å². The van der Waals surface area contributed by atoms with Gasteiger partial charge in [0, 0.05) is 24.2 Å². The molecule has 0 unspecified atom stereocenters. The molecular formula is C15H13F3N2O3. The molecule has 2 aromatic rings. The number of benzene rings is 1. The van der Waals surface area contributed by atoms with Crippen LogP contribution in [0.15, 0.2) is 24.3 Å². The zero-order valence-electron chi connectivity index (χ0n) is 11.8. The molecule has 1 aromatic heterocycles. The van der Waals surface area contributed by atoms with Crippen LogP contribution in [0, 0.1) is 0 Å². The summed E-state index contributed by atoms with van der Waals surface area (Å²) in [4.78, 5) is 16.3. The molecule has 2 heterocycles. The van der Waals surface area contributed by atoms with Gasteiger partial charge in [-0.15, -0.1) is 0 Å². The minimum atomic E-state index is -4.60. The van der Waals surface area contributed by atoms with Gasteiger partial charge in [0.05, 0.1) is 17.2 Å². The molecule has 1 aliphatic heterocycles. The molecule has 0 saturated carbocycles. The molecule has 0 aliphatic carbocycles. The highest BCUT2D eigenvalue weighted by Crippen LogP contribution is 2.36. The minimum absolute atomic E-state index is 0.0277. The van der Waals surface area contributed by atoms with E-state index in [4.69, 9.17) is 5.11 Å². The molecule has 1 saturated heterocycles. The fourth-order valence-corrected chi connectivity index (χ4v) is 2.71. The average molecular weight is 326 g/mol. The third-order valence-electron chi connectivity index (χ3n) is 3.83. The lowest BCUT2D eigenvalue weighted by Gasteiger charge is -2.21. The highest BCUT2D eigenvalue weighted by Gasteiger charge is 2.34. The predicted octanol–water partition coefficient (Wildman–Crippen LogP) is 2.52. The van der Waals surface area contributed by atoms with Crippen LogP contribution in [0.5, 0.6) is 0 Å². The van der Waals surface area contributed by atoms with Gasteiger partial charge < -0.3 is 15.1 Å². The van der Waals surface area contributed by atoms with Crippen LogP contribution in [0.4, 0.5) is 18.9 Å². The van der Waals surface area contributed by atoms with Crippen LogP contribution < -0.4 is 4.90 Å². The molecule has 0 spiro atoms. The Hall–Kier alpha value is -2.35. The number of carboxylic acids is 1. The molecule has 0 amide bonds. The number of hydrogen-bond acceptors (Lipinski definition) is 4. The Morgan fingerprint density at radius 2 is 2.04 bits per heavy atom. The van der Waals surface area contributed by atoms with Crippen molar-refractivity contribution in [3.05, 3.63) is 35.5 Å². The van der Waals surface area contributed by atoms with E-state index >= 15 is 0 Å². The average Bonchev–Trinajstić information content (AvgIpc) is 2.90. The summed E-state index contributed by atoms with van der Waals surface area (Å²) in [6.45, 7) is 0.600. The number of anilines is 1.